The van der Waals surface area contributed by atoms with Gasteiger partial charge in [-0.15, -0.1) is 5.10 Å². The zero-order valence-corrected chi connectivity index (χ0v) is 11.6. The molecule has 0 aliphatic heterocycles. The first-order chi connectivity index (χ1) is 9.11. The van der Waals surface area contributed by atoms with Crippen molar-refractivity contribution in [2.24, 2.45) is 0 Å². The van der Waals surface area contributed by atoms with E-state index < -0.39 is 0 Å². The van der Waals surface area contributed by atoms with Crippen LogP contribution < -0.4 is 10.5 Å². The zero-order valence-electron chi connectivity index (χ0n) is 11.6. The monoisotopic (exact) mass is 260 g/mol. The van der Waals surface area contributed by atoms with Crippen LogP contribution in [0, 0.1) is 0 Å². The van der Waals surface area contributed by atoms with Crippen LogP contribution in [0.2, 0.25) is 0 Å². The van der Waals surface area contributed by atoms with E-state index >= 15 is 0 Å². The standard InChI is InChI=1S/C14H20N4O/c1-4-19-12-7-5-11(6-8-12)9-18-13(10(2)3)14(15)16-17-18/h5-8,10H,4,9,15H2,1-3H3. The molecule has 2 N–H and O–H groups in total. The van der Waals surface area contributed by atoms with Crippen molar-refractivity contribution in [2.75, 3.05) is 12.3 Å². The molecule has 19 heavy (non-hydrogen) atoms. The Morgan fingerprint density at radius 3 is 2.53 bits per heavy atom. The SMILES string of the molecule is CCOc1ccc(Cn2nnc(N)c2C(C)C)cc1. The van der Waals surface area contributed by atoms with Gasteiger partial charge < -0.3 is 10.5 Å². The van der Waals surface area contributed by atoms with Crippen molar-refractivity contribution in [1.82, 2.24) is 15.0 Å². The fourth-order valence-corrected chi connectivity index (χ4v) is 2.08. The average Bonchev–Trinajstić information content (AvgIpc) is 2.73. The highest BCUT2D eigenvalue weighted by Gasteiger charge is 2.13. The van der Waals surface area contributed by atoms with E-state index in [1.54, 1.807) is 0 Å². The molecule has 0 spiro atoms. The van der Waals surface area contributed by atoms with Crippen molar-refractivity contribution in [3.8, 4) is 5.75 Å². The molecule has 0 aliphatic carbocycles. The molecule has 5 nitrogen and oxygen atoms in total. The first-order valence-electron chi connectivity index (χ1n) is 6.52. The third-order valence-electron chi connectivity index (χ3n) is 2.91. The fourth-order valence-electron chi connectivity index (χ4n) is 2.08. The highest BCUT2D eigenvalue weighted by Crippen LogP contribution is 2.20. The van der Waals surface area contributed by atoms with Gasteiger partial charge in [-0.25, -0.2) is 4.68 Å². The number of hydrogen-bond donors (Lipinski definition) is 1. The van der Waals surface area contributed by atoms with Crippen LogP contribution >= 0.6 is 0 Å². The van der Waals surface area contributed by atoms with E-state index in [1.165, 1.54) is 0 Å². The minimum Gasteiger partial charge on any atom is -0.494 e. The van der Waals surface area contributed by atoms with Gasteiger partial charge in [-0.05, 0) is 30.5 Å². The minimum atomic E-state index is 0.303. The smallest absolute Gasteiger partial charge is 0.169 e. The molecule has 5 heteroatoms. The number of nitrogens with zero attached hydrogens (tertiary/aromatic N) is 3. The maximum Gasteiger partial charge on any atom is 0.169 e. The van der Waals surface area contributed by atoms with E-state index in [0.717, 1.165) is 17.0 Å². The summed E-state index contributed by atoms with van der Waals surface area (Å²) >= 11 is 0. The van der Waals surface area contributed by atoms with Crippen LogP contribution in [0.1, 0.15) is 37.9 Å². The molecule has 0 unspecified atom stereocenters. The molecule has 0 fully saturated rings. The van der Waals surface area contributed by atoms with Gasteiger partial charge in [-0.1, -0.05) is 31.2 Å². The molecular weight excluding hydrogens is 240 g/mol. The predicted molar refractivity (Wildman–Crippen MR) is 75.2 cm³/mol. The van der Waals surface area contributed by atoms with Gasteiger partial charge >= 0.3 is 0 Å². The van der Waals surface area contributed by atoms with E-state index in [1.807, 2.05) is 35.9 Å². The highest BCUT2D eigenvalue weighted by atomic mass is 16.5. The van der Waals surface area contributed by atoms with Crippen molar-refractivity contribution >= 4 is 5.82 Å². The molecule has 0 amide bonds. The van der Waals surface area contributed by atoms with Gasteiger partial charge in [0.15, 0.2) is 5.82 Å². The van der Waals surface area contributed by atoms with Crippen LogP contribution in [0.25, 0.3) is 0 Å². The molecule has 2 rings (SSSR count). The highest BCUT2D eigenvalue weighted by molar-refractivity contribution is 5.36. The summed E-state index contributed by atoms with van der Waals surface area (Å²) < 4.78 is 7.28. The third kappa shape index (κ3) is 3.05. The van der Waals surface area contributed by atoms with Gasteiger partial charge in [0.05, 0.1) is 18.8 Å². The maximum atomic E-state index is 5.85. The average molecular weight is 260 g/mol. The molecule has 102 valence electrons. The summed E-state index contributed by atoms with van der Waals surface area (Å²) in [6.45, 7) is 7.50. The lowest BCUT2D eigenvalue weighted by atomic mass is 10.1. The number of ether oxygens (including phenoxy) is 1. The molecule has 0 saturated carbocycles. The molecule has 0 bridgehead atoms. The summed E-state index contributed by atoms with van der Waals surface area (Å²) in [5.74, 6) is 1.70. The number of benzene rings is 1. The van der Waals surface area contributed by atoms with Gasteiger partial charge in [-0.3, -0.25) is 0 Å². The molecule has 1 aromatic heterocycles. The van der Waals surface area contributed by atoms with E-state index in [0.29, 0.717) is 24.9 Å². The second-order valence-corrected chi connectivity index (χ2v) is 4.75. The first-order valence-corrected chi connectivity index (χ1v) is 6.52. The number of aromatic nitrogens is 3. The Balaban J connectivity index is 2.17. The van der Waals surface area contributed by atoms with E-state index in [4.69, 9.17) is 10.5 Å². The minimum absolute atomic E-state index is 0.303. The maximum absolute atomic E-state index is 5.85. The summed E-state index contributed by atoms with van der Waals surface area (Å²) in [6, 6.07) is 8.00. The Hall–Kier alpha value is -2.04. The second-order valence-electron chi connectivity index (χ2n) is 4.75. The summed E-state index contributed by atoms with van der Waals surface area (Å²) in [4.78, 5) is 0. The van der Waals surface area contributed by atoms with Crippen LogP contribution in [-0.2, 0) is 6.54 Å². The Labute approximate surface area is 113 Å². The fraction of sp³-hybridized carbons (Fsp3) is 0.429. The molecular formula is C14H20N4O. The largest absolute Gasteiger partial charge is 0.494 e. The molecule has 0 aliphatic rings. The summed E-state index contributed by atoms with van der Waals surface area (Å²) in [6.07, 6.45) is 0. The molecule has 0 atom stereocenters. The van der Waals surface area contributed by atoms with Crippen molar-refractivity contribution in [1.29, 1.82) is 0 Å². The summed E-state index contributed by atoms with van der Waals surface area (Å²) in [5, 5.41) is 8.05. The first kappa shape index (κ1) is 13.4. The topological polar surface area (TPSA) is 66.0 Å². The van der Waals surface area contributed by atoms with Crippen LogP contribution in [0.15, 0.2) is 24.3 Å². The summed E-state index contributed by atoms with van der Waals surface area (Å²) in [7, 11) is 0. The number of hydrogen-bond acceptors (Lipinski definition) is 4. The predicted octanol–water partition coefficient (Wildman–Crippen LogP) is 2.43. The van der Waals surface area contributed by atoms with Crippen LogP contribution in [-0.4, -0.2) is 21.6 Å². The molecule has 0 saturated heterocycles. The quantitative estimate of drug-likeness (QED) is 0.896. The number of rotatable bonds is 5. The van der Waals surface area contributed by atoms with Gasteiger partial charge in [0.2, 0.25) is 0 Å². The lowest BCUT2D eigenvalue weighted by Gasteiger charge is -2.10. The van der Waals surface area contributed by atoms with Crippen molar-refractivity contribution in [3.05, 3.63) is 35.5 Å². The van der Waals surface area contributed by atoms with Gasteiger partial charge in [-0.2, -0.15) is 0 Å². The van der Waals surface area contributed by atoms with Crippen molar-refractivity contribution in [2.45, 2.75) is 33.2 Å². The number of anilines is 1. The lowest BCUT2D eigenvalue weighted by Crippen LogP contribution is -2.08. The molecule has 0 radical (unpaired) electrons. The van der Waals surface area contributed by atoms with Crippen molar-refractivity contribution in [3.63, 3.8) is 0 Å². The Morgan fingerprint density at radius 2 is 1.95 bits per heavy atom. The van der Waals surface area contributed by atoms with Crippen molar-refractivity contribution < 1.29 is 4.74 Å². The van der Waals surface area contributed by atoms with E-state index in [2.05, 4.69) is 24.2 Å². The number of nitrogens with two attached hydrogens (primary N) is 1. The van der Waals surface area contributed by atoms with Crippen LogP contribution in [0.4, 0.5) is 5.82 Å². The van der Waals surface area contributed by atoms with E-state index in [-0.39, 0.29) is 0 Å². The van der Waals surface area contributed by atoms with Crippen LogP contribution in [0.3, 0.4) is 0 Å². The Kier molecular flexibility index (Phi) is 4.04. The second kappa shape index (κ2) is 5.73. The van der Waals surface area contributed by atoms with Crippen LogP contribution in [0.5, 0.6) is 5.75 Å². The lowest BCUT2D eigenvalue weighted by molar-refractivity contribution is 0.340. The zero-order chi connectivity index (χ0) is 13.8. The molecule has 1 aromatic carbocycles. The Morgan fingerprint density at radius 1 is 1.26 bits per heavy atom. The van der Waals surface area contributed by atoms with Gasteiger partial charge in [0.25, 0.3) is 0 Å². The third-order valence-corrected chi connectivity index (χ3v) is 2.91. The Bertz CT molecular complexity index is 531. The molecule has 2 aromatic rings. The number of nitrogen functional groups attached to an aromatic ring is 1. The summed E-state index contributed by atoms with van der Waals surface area (Å²) in [5.41, 5.74) is 7.97. The van der Waals surface area contributed by atoms with Gasteiger partial charge in [0.1, 0.15) is 5.75 Å². The van der Waals surface area contributed by atoms with E-state index in [9.17, 15) is 0 Å². The molecule has 1 heterocycles. The normalized spacial score (nSPS) is 10.9. The van der Waals surface area contributed by atoms with Gasteiger partial charge in [0, 0.05) is 0 Å².